The maximum atomic E-state index is 12.8. The number of hydrogen-bond donors (Lipinski definition) is 0. The molecule has 0 atom stereocenters. The molecule has 1 aromatic carbocycles. The van der Waals surface area contributed by atoms with Crippen molar-refractivity contribution in [3.63, 3.8) is 0 Å². The van der Waals surface area contributed by atoms with E-state index in [0.29, 0.717) is 6.42 Å². The highest BCUT2D eigenvalue weighted by molar-refractivity contribution is 9.10. The lowest BCUT2D eigenvalue weighted by Gasteiger charge is -2.30. The van der Waals surface area contributed by atoms with E-state index in [1.807, 2.05) is 29.3 Å². The number of nitrogens with zero attached hydrogens (tertiary/aromatic N) is 3. The maximum absolute atomic E-state index is 12.8. The summed E-state index contributed by atoms with van der Waals surface area (Å²) in [6.07, 6.45) is 9.63. The Bertz CT molecular complexity index is 1150. The van der Waals surface area contributed by atoms with Gasteiger partial charge in [0.05, 0.1) is 12.1 Å². The van der Waals surface area contributed by atoms with Crippen molar-refractivity contribution < 1.29 is 4.79 Å². The summed E-state index contributed by atoms with van der Waals surface area (Å²) in [6, 6.07) is 14.7. The van der Waals surface area contributed by atoms with Gasteiger partial charge in [0.2, 0.25) is 5.91 Å². The highest BCUT2D eigenvalue weighted by Gasteiger charge is 2.26. The number of aromatic nitrogens is 2. The molecule has 0 radical (unpaired) electrons. The Morgan fingerprint density at radius 1 is 0.935 bits per heavy atom. The molecule has 0 N–H and O–H groups in total. The van der Waals surface area contributed by atoms with Crippen LogP contribution in [-0.2, 0) is 24.1 Å². The molecule has 1 aliphatic heterocycles. The molecule has 3 aromatic rings. The van der Waals surface area contributed by atoms with E-state index in [4.69, 9.17) is 4.98 Å². The van der Waals surface area contributed by atoms with E-state index in [1.54, 1.807) is 12.4 Å². The van der Waals surface area contributed by atoms with Crippen molar-refractivity contribution in [2.75, 3.05) is 13.1 Å². The fourth-order valence-electron chi connectivity index (χ4n) is 4.70. The summed E-state index contributed by atoms with van der Waals surface area (Å²) in [6.45, 7) is 1.52. The van der Waals surface area contributed by atoms with Crippen molar-refractivity contribution in [2.24, 2.45) is 0 Å². The van der Waals surface area contributed by atoms with E-state index in [2.05, 4.69) is 45.2 Å². The first kappa shape index (κ1) is 20.1. The quantitative estimate of drug-likeness (QED) is 0.525. The van der Waals surface area contributed by atoms with Gasteiger partial charge in [0.15, 0.2) is 0 Å². The number of likely N-dealkylation sites (tertiary alicyclic amines) is 1. The molecule has 2 aliphatic rings. The van der Waals surface area contributed by atoms with Gasteiger partial charge in [-0.05, 0) is 78.3 Å². The van der Waals surface area contributed by atoms with Gasteiger partial charge in [-0.1, -0.05) is 33.6 Å². The number of hydrogen-bond acceptors (Lipinski definition) is 3. The van der Waals surface area contributed by atoms with Crippen LogP contribution in [0, 0.1) is 0 Å². The van der Waals surface area contributed by atoms with E-state index in [9.17, 15) is 4.79 Å². The number of amides is 1. The van der Waals surface area contributed by atoms with Crippen LogP contribution in [0.25, 0.3) is 5.57 Å². The molecular formula is C26H24BrN3O. The van der Waals surface area contributed by atoms with Crippen molar-refractivity contribution in [2.45, 2.75) is 32.1 Å². The number of piperidine rings is 1. The van der Waals surface area contributed by atoms with E-state index in [-0.39, 0.29) is 5.91 Å². The maximum Gasteiger partial charge on any atom is 0.227 e. The predicted molar refractivity (Wildman–Crippen MR) is 126 cm³/mol. The van der Waals surface area contributed by atoms with Crippen LogP contribution >= 0.6 is 15.9 Å². The first-order valence-electron chi connectivity index (χ1n) is 10.8. The molecule has 1 amide bonds. The van der Waals surface area contributed by atoms with Crippen LogP contribution in [-0.4, -0.2) is 33.9 Å². The Balaban J connectivity index is 1.45. The zero-order valence-corrected chi connectivity index (χ0v) is 18.9. The van der Waals surface area contributed by atoms with Gasteiger partial charge >= 0.3 is 0 Å². The molecule has 3 heterocycles. The standard InChI is InChI=1S/C26H24BrN3O/c27-22-5-6-23-21(17-22)4-3-20-2-1-11-29-26(20)25(23)19-9-14-30(15-10-19)24(31)16-18-7-12-28-13-8-18/h1-2,5-8,11-13,17H,3-4,9-10,14-16H2. The topological polar surface area (TPSA) is 46.1 Å². The van der Waals surface area contributed by atoms with Crippen LogP contribution in [0.3, 0.4) is 0 Å². The van der Waals surface area contributed by atoms with Crippen molar-refractivity contribution >= 4 is 27.4 Å². The second-order valence-corrected chi connectivity index (χ2v) is 9.12. The second kappa shape index (κ2) is 8.75. The normalized spacial score (nSPS) is 15.8. The lowest BCUT2D eigenvalue weighted by molar-refractivity contribution is -0.130. The lowest BCUT2D eigenvalue weighted by atomic mass is 9.88. The SMILES string of the molecule is O=C(Cc1ccncc1)N1CCC(=C2c3ccc(Br)cc3CCc3cccnc32)CC1. The summed E-state index contributed by atoms with van der Waals surface area (Å²) in [7, 11) is 0. The van der Waals surface area contributed by atoms with Crippen molar-refractivity contribution in [1.29, 1.82) is 0 Å². The van der Waals surface area contributed by atoms with Crippen molar-refractivity contribution in [1.82, 2.24) is 14.9 Å². The summed E-state index contributed by atoms with van der Waals surface area (Å²) in [5.41, 5.74) is 8.82. The second-order valence-electron chi connectivity index (χ2n) is 8.20. The largest absolute Gasteiger partial charge is 0.342 e. The summed E-state index contributed by atoms with van der Waals surface area (Å²) < 4.78 is 1.12. The van der Waals surface area contributed by atoms with Gasteiger partial charge in [0, 0.05) is 41.7 Å². The highest BCUT2D eigenvalue weighted by Crippen LogP contribution is 2.38. The monoisotopic (exact) mass is 473 g/mol. The zero-order chi connectivity index (χ0) is 21.2. The Labute approximate surface area is 191 Å². The van der Waals surface area contributed by atoms with E-state index < -0.39 is 0 Å². The fraction of sp³-hybridized carbons (Fsp3) is 0.269. The van der Waals surface area contributed by atoms with Crippen LogP contribution in [0.15, 0.2) is 71.1 Å². The Morgan fingerprint density at radius 3 is 2.52 bits per heavy atom. The number of fused-ring (bicyclic) bond motifs is 2. The Morgan fingerprint density at radius 2 is 1.71 bits per heavy atom. The van der Waals surface area contributed by atoms with Gasteiger partial charge < -0.3 is 4.90 Å². The average Bonchev–Trinajstić information content (AvgIpc) is 2.96. The van der Waals surface area contributed by atoms with Gasteiger partial charge in [-0.15, -0.1) is 0 Å². The van der Waals surface area contributed by atoms with Crippen LogP contribution in [0.2, 0.25) is 0 Å². The molecule has 0 spiro atoms. The van der Waals surface area contributed by atoms with E-state index >= 15 is 0 Å². The number of rotatable bonds is 2. The summed E-state index contributed by atoms with van der Waals surface area (Å²) in [4.78, 5) is 23.7. The Hall–Kier alpha value is -2.79. The van der Waals surface area contributed by atoms with Gasteiger partial charge in [-0.2, -0.15) is 0 Å². The third-order valence-electron chi connectivity index (χ3n) is 6.31. The number of benzene rings is 1. The summed E-state index contributed by atoms with van der Waals surface area (Å²) in [5.74, 6) is 0.193. The fourth-order valence-corrected chi connectivity index (χ4v) is 5.10. The molecule has 0 unspecified atom stereocenters. The third-order valence-corrected chi connectivity index (χ3v) is 6.80. The Kier molecular flexibility index (Phi) is 5.68. The molecule has 5 heteroatoms. The molecule has 4 nitrogen and oxygen atoms in total. The molecule has 5 rings (SSSR count). The minimum atomic E-state index is 0.193. The first-order valence-corrected chi connectivity index (χ1v) is 11.6. The van der Waals surface area contributed by atoms with Gasteiger partial charge in [-0.3, -0.25) is 14.8 Å². The van der Waals surface area contributed by atoms with Crippen molar-refractivity contribution in [3.05, 3.63) is 99.0 Å². The van der Waals surface area contributed by atoms with Crippen molar-refractivity contribution in [3.8, 4) is 0 Å². The first-order chi connectivity index (χ1) is 15.2. The minimum Gasteiger partial charge on any atom is -0.342 e. The van der Waals surface area contributed by atoms with Crippen LogP contribution in [0.5, 0.6) is 0 Å². The molecule has 0 saturated carbocycles. The molecule has 2 aromatic heterocycles. The van der Waals surface area contributed by atoms with E-state index in [1.165, 1.54) is 27.8 Å². The average molecular weight is 474 g/mol. The molecule has 1 saturated heterocycles. The van der Waals surface area contributed by atoms with Crippen LogP contribution in [0.1, 0.15) is 40.8 Å². The summed E-state index contributed by atoms with van der Waals surface area (Å²) in [5, 5.41) is 0. The van der Waals surface area contributed by atoms with Crippen LogP contribution < -0.4 is 0 Å². The third kappa shape index (κ3) is 4.19. The number of halogens is 1. The smallest absolute Gasteiger partial charge is 0.227 e. The van der Waals surface area contributed by atoms with Gasteiger partial charge in [0.25, 0.3) is 0 Å². The minimum absolute atomic E-state index is 0.193. The molecule has 31 heavy (non-hydrogen) atoms. The van der Waals surface area contributed by atoms with Gasteiger partial charge in [0.1, 0.15) is 0 Å². The van der Waals surface area contributed by atoms with Crippen LogP contribution in [0.4, 0.5) is 0 Å². The molecular weight excluding hydrogens is 450 g/mol. The van der Waals surface area contributed by atoms with Gasteiger partial charge in [-0.25, -0.2) is 0 Å². The molecule has 156 valence electrons. The van der Waals surface area contributed by atoms with E-state index in [0.717, 1.165) is 54.5 Å². The summed E-state index contributed by atoms with van der Waals surface area (Å²) >= 11 is 3.64. The lowest BCUT2D eigenvalue weighted by Crippen LogP contribution is -2.37. The number of aryl methyl sites for hydroxylation is 2. The highest BCUT2D eigenvalue weighted by atomic mass is 79.9. The number of carbonyl (C=O) groups excluding carboxylic acids is 1. The molecule has 1 fully saturated rings. The molecule has 0 bridgehead atoms. The predicted octanol–water partition coefficient (Wildman–Crippen LogP) is 5.00. The number of carbonyl (C=O) groups is 1. The zero-order valence-electron chi connectivity index (χ0n) is 17.4. The molecule has 1 aliphatic carbocycles. The number of pyridine rings is 2.